The van der Waals surface area contributed by atoms with Gasteiger partial charge in [-0.05, 0) is 31.6 Å². The molecule has 1 aliphatic carbocycles. The van der Waals surface area contributed by atoms with E-state index in [1.54, 1.807) is 0 Å². The Morgan fingerprint density at radius 2 is 1.79 bits per heavy atom. The first kappa shape index (κ1) is 11.1. The Hall–Kier alpha value is -1.02. The molecule has 0 amide bonds. The Labute approximate surface area is 86.5 Å². The molecule has 0 heterocycles. The first-order valence-electron chi connectivity index (χ1n) is 5.59. The van der Waals surface area contributed by atoms with E-state index in [-0.39, 0.29) is 0 Å². The molecule has 1 fully saturated rings. The second kappa shape index (κ2) is 5.01. The predicted octanol–water partition coefficient (Wildman–Crippen LogP) is 3.40. The fourth-order valence-electron chi connectivity index (χ4n) is 2.20. The number of hydrogen-bond acceptors (Lipinski definition) is 2. The van der Waals surface area contributed by atoms with Crippen molar-refractivity contribution in [2.45, 2.75) is 51.9 Å². The first-order valence-corrected chi connectivity index (χ1v) is 5.59. The smallest absolute Gasteiger partial charge is 0.143 e. The maximum absolute atomic E-state index is 8.93. The van der Waals surface area contributed by atoms with Gasteiger partial charge in [0.2, 0.25) is 0 Å². The van der Waals surface area contributed by atoms with Crippen LogP contribution in [0.3, 0.4) is 0 Å². The van der Waals surface area contributed by atoms with E-state index in [1.165, 1.54) is 19.3 Å². The zero-order valence-corrected chi connectivity index (χ0v) is 8.92. The molecule has 0 atom stereocenters. The molecule has 0 aromatic rings. The molecule has 0 unspecified atom stereocenters. The number of nitriles is 2. The van der Waals surface area contributed by atoms with Crippen molar-refractivity contribution in [3.05, 3.63) is 0 Å². The van der Waals surface area contributed by atoms with Crippen LogP contribution in [0.5, 0.6) is 0 Å². The summed E-state index contributed by atoms with van der Waals surface area (Å²) in [5.41, 5.74) is -0.650. The quantitative estimate of drug-likeness (QED) is 0.684. The van der Waals surface area contributed by atoms with E-state index in [4.69, 9.17) is 10.5 Å². The van der Waals surface area contributed by atoms with Crippen LogP contribution in [-0.2, 0) is 0 Å². The van der Waals surface area contributed by atoms with Crippen molar-refractivity contribution in [3.63, 3.8) is 0 Å². The lowest BCUT2D eigenvalue weighted by atomic mass is 9.71. The van der Waals surface area contributed by atoms with Gasteiger partial charge in [-0.15, -0.1) is 0 Å². The minimum Gasteiger partial charge on any atom is -0.197 e. The van der Waals surface area contributed by atoms with Gasteiger partial charge in [-0.2, -0.15) is 10.5 Å². The molecular formula is C12H18N2. The number of rotatable bonds is 3. The van der Waals surface area contributed by atoms with Crippen molar-refractivity contribution < 1.29 is 0 Å². The summed E-state index contributed by atoms with van der Waals surface area (Å²) in [5.74, 6) is 0.768. The zero-order chi connectivity index (χ0) is 10.4. The molecule has 0 radical (unpaired) electrons. The topological polar surface area (TPSA) is 47.6 Å². The summed E-state index contributed by atoms with van der Waals surface area (Å²) in [6, 6.07) is 4.37. The summed E-state index contributed by atoms with van der Waals surface area (Å²) in [7, 11) is 0. The molecule has 76 valence electrons. The zero-order valence-electron chi connectivity index (χ0n) is 8.92. The van der Waals surface area contributed by atoms with E-state index in [0.717, 1.165) is 31.6 Å². The third-order valence-corrected chi connectivity index (χ3v) is 3.35. The molecule has 0 saturated heterocycles. The molecule has 1 saturated carbocycles. The molecule has 0 spiro atoms. The van der Waals surface area contributed by atoms with Gasteiger partial charge in [0.05, 0.1) is 12.1 Å². The van der Waals surface area contributed by atoms with Gasteiger partial charge in [0.25, 0.3) is 0 Å². The molecule has 1 rings (SSSR count). The Balaban J connectivity index is 2.39. The Bertz CT molecular complexity index is 232. The van der Waals surface area contributed by atoms with Gasteiger partial charge >= 0.3 is 0 Å². The minimum absolute atomic E-state index is 0.650. The average Bonchev–Trinajstić information content (AvgIpc) is 2.27. The monoisotopic (exact) mass is 190 g/mol. The van der Waals surface area contributed by atoms with E-state index in [2.05, 4.69) is 19.1 Å². The normalized spacial score (nSPS) is 21.1. The van der Waals surface area contributed by atoms with Crippen LogP contribution in [0.4, 0.5) is 0 Å². The summed E-state index contributed by atoms with van der Waals surface area (Å²) in [6.45, 7) is 2.21. The fraction of sp³-hybridized carbons (Fsp3) is 0.833. The minimum atomic E-state index is -0.650. The van der Waals surface area contributed by atoms with Crippen LogP contribution in [0.15, 0.2) is 0 Å². The van der Waals surface area contributed by atoms with Crippen molar-refractivity contribution in [2.24, 2.45) is 11.3 Å². The number of nitrogens with zero attached hydrogens (tertiary/aromatic N) is 2. The Kier molecular flexibility index (Phi) is 3.96. The highest BCUT2D eigenvalue weighted by Gasteiger charge is 2.35. The lowest BCUT2D eigenvalue weighted by Crippen LogP contribution is -2.24. The Morgan fingerprint density at radius 3 is 2.21 bits per heavy atom. The predicted molar refractivity (Wildman–Crippen MR) is 55.1 cm³/mol. The summed E-state index contributed by atoms with van der Waals surface area (Å²) in [5, 5.41) is 17.9. The van der Waals surface area contributed by atoms with Gasteiger partial charge in [-0.3, -0.25) is 0 Å². The average molecular weight is 190 g/mol. The summed E-state index contributed by atoms with van der Waals surface area (Å²) in [4.78, 5) is 0. The van der Waals surface area contributed by atoms with Crippen LogP contribution in [-0.4, -0.2) is 0 Å². The lowest BCUT2D eigenvalue weighted by molar-refractivity contribution is 0.249. The van der Waals surface area contributed by atoms with Gasteiger partial charge in [-0.1, -0.05) is 26.2 Å². The van der Waals surface area contributed by atoms with E-state index in [1.807, 2.05) is 0 Å². The van der Waals surface area contributed by atoms with Crippen LogP contribution in [0.1, 0.15) is 51.9 Å². The van der Waals surface area contributed by atoms with Crippen molar-refractivity contribution in [2.75, 3.05) is 0 Å². The second-order valence-electron chi connectivity index (χ2n) is 4.39. The maximum Gasteiger partial charge on any atom is 0.143 e. The highest BCUT2D eigenvalue weighted by molar-refractivity contribution is 5.14. The maximum atomic E-state index is 8.93. The van der Waals surface area contributed by atoms with E-state index in [0.29, 0.717) is 0 Å². The molecule has 0 aromatic carbocycles. The van der Waals surface area contributed by atoms with Crippen LogP contribution in [0, 0.1) is 34.0 Å². The SMILES string of the molecule is CCCCC1CCC(C#N)(C#N)CC1. The van der Waals surface area contributed by atoms with Gasteiger partial charge in [0.1, 0.15) is 5.41 Å². The highest BCUT2D eigenvalue weighted by Crippen LogP contribution is 2.39. The van der Waals surface area contributed by atoms with E-state index >= 15 is 0 Å². The second-order valence-corrected chi connectivity index (χ2v) is 4.39. The molecule has 0 aromatic heterocycles. The number of hydrogen-bond donors (Lipinski definition) is 0. The molecule has 0 bridgehead atoms. The van der Waals surface area contributed by atoms with Crippen molar-refractivity contribution >= 4 is 0 Å². The van der Waals surface area contributed by atoms with E-state index < -0.39 is 5.41 Å². The summed E-state index contributed by atoms with van der Waals surface area (Å²) < 4.78 is 0. The van der Waals surface area contributed by atoms with Crippen LogP contribution < -0.4 is 0 Å². The van der Waals surface area contributed by atoms with Crippen LogP contribution in [0.25, 0.3) is 0 Å². The van der Waals surface area contributed by atoms with Crippen LogP contribution >= 0.6 is 0 Å². The molecule has 2 nitrogen and oxygen atoms in total. The first-order chi connectivity index (χ1) is 6.76. The highest BCUT2D eigenvalue weighted by atomic mass is 14.4. The van der Waals surface area contributed by atoms with Crippen molar-refractivity contribution in [1.29, 1.82) is 10.5 Å². The third kappa shape index (κ3) is 2.48. The van der Waals surface area contributed by atoms with Crippen molar-refractivity contribution in [3.8, 4) is 12.1 Å². The van der Waals surface area contributed by atoms with E-state index in [9.17, 15) is 0 Å². The molecular weight excluding hydrogens is 172 g/mol. The third-order valence-electron chi connectivity index (χ3n) is 3.35. The van der Waals surface area contributed by atoms with Gasteiger partial charge < -0.3 is 0 Å². The van der Waals surface area contributed by atoms with Gasteiger partial charge in [-0.25, -0.2) is 0 Å². The molecule has 0 aliphatic heterocycles. The lowest BCUT2D eigenvalue weighted by Gasteiger charge is -2.29. The summed E-state index contributed by atoms with van der Waals surface area (Å²) >= 11 is 0. The fourth-order valence-corrected chi connectivity index (χ4v) is 2.20. The Morgan fingerprint density at radius 1 is 1.21 bits per heavy atom. The molecule has 2 heteroatoms. The molecule has 14 heavy (non-hydrogen) atoms. The van der Waals surface area contributed by atoms with Gasteiger partial charge in [0.15, 0.2) is 0 Å². The van der Waals surface area contributed by atoms with Crippen molar-refractivity contribution in [1.82, 2.24) is 0 Å². The molecule has 1 aliphatic rings. The molecule has 0 N–H and O–H groups in total. The standard InChI is InChI=1S/C12H18N2/c1-2-3-4-11-5-7-12(9-13,10-14)8-6-11/h11H,2-8H2,1H3. The van der Waals surface area contributed by atoms with Gasteiger partial charge in [0, 0.05) is 0 Å². The largest absolute Gasteiger partial charge is 0.197 e. The van der Waals surface area contributed by atoms with Crippen LogP contribution in [0.2, 0.25) is 0 Å². The number of unbranched alkanes of at least 4 members (excludes halogenated alkanes) is 1. The summed E-state index contributed by atoms with van der Waals surface area (Å²) in [6.07, 6.45) is 7.53.